The molecule has 0 fully saturated rings. The fourth-order valence-electron chi connectivity index (χ4n) is 2.87. The van der Waals surface area contributed by atoms with Crippen molar-refractivity contribution < 1.29 is 28.5 Å². The molecule has 146 valence electrons. The molecule has 0 amide bonds. The Balaban J connectivity index is 2.30. The fourth-order valence-corrected chi connectivity index (χ4v) is 2.87. The third-order valence-corrected chi connectivity index (χ3v) is 4.45. The van der Waals surface area contributed by atoms with E-state index in [1.54, 1.807) is 30.3 Å². The molecule has 3 rings (SSSR count). The lowest BCUT2D eigenvalue weighted by Crippen LogP contribution is -2.16. The van der Waals surface area contributed by atoms with E-state index in [0.717, 1.165) is 11.1 Å². The third-order valence-electron chi connectivity index (χ3n) is 4.45. The largest absolute Gasteiger partial charge is 0.493 e. The molecular weight excluding hydrogens is 364 g/mol. The van der Waals surface area contributed by atoms with Gasteiger partial charge in [0.1, 0.15) is 5.58 Å². The van der Waals surface area contributed by atoms with Crippen molar-refractivity contribution in [2.24, 2.45) is 0 Å². The van der Waals surface area contributed by atoms with Gasteiger partial charge in [0, 0.05) is 5.56 Å². The second-order valence-corrected chi connectivity index (χ2v) is 6.27. The van der Waals surface area contributed by atoms with E-state index in [1.807, 2.05) is 13.8 Å². The van der Waals surface area contributed by atoms with Gasteiger partial charge in [0.2, 0.25) is 11.2 Å². The van der Waals surface area contributed by atoms with E-state index in [0.29, 0.717) is 28.0 Å². The molecule has 0 aliphatic carbocycles. The summed E-state index contributed by atoms with van der Waals surface area (Å²) < 4.78 is 21.8. The molecule has 0 aliphatic heterocycles. The fraction of sp³-hybridized carbons (Fsp3) is 0.238. The molecule has 0 saturated heterocycles. The SMILES string of the molecule is COc1ccc(-c2oc3cc(C)c(C)cc3c(=O)c2OCC(=O)O)cc1OC. The summed E-state index contributed by atoms with van der Waals surface area (Å²) in [6, 6.07) is 8.47. The molecule has 0 aliphatic rings. The van der Waals surface area contributed by atoms with Crippen LogP contribution in [0.4, 0.5) is 0 Å². The maximum atomic E-state index is 13.0. The number of aryl methyl sites for hydroxylation is 2. The number of rotatable bonds is 6. The zero-order chi connectivity index (χ0) is 20.4. The number of benzene rings is 2. The first-order valence-electron chi connectivity index (χ1n) is 8.50. The van der Waals surface area contributed by atoms with E-state index in [-0.39, 0.29) is 11.5 Å². The quantitative estimate of drug-likeness (QED) is 0.694. The monoisotopic (exact) mass is 384 g/mol. The minimum atomic E-state index is -1.20. The Morgan fingerprint density at radius 2 is 1.71 bits per heavy atom. The Labute approximate surface area is 161 Å². The molecular formula is C21H20O7. The Bertz CT molecular complexity index is 1110. The Hall–Kier alpha value is -3.48. The first-order chi connectivity index (χ1) is 13.3. The smallest absolute Gasteiger partial charge is 0.341 e. The van der Waals surface area contributed by atoms with Gasteiger partial charge in [-0.1, -0.05) is 0 Å². The summed E-state index contributed by atoms with van der Waals surface area (Å²) in [5.74, 6) is -0.285. The van der Waals surface area contributed by atoms with Gasteiger partial charge in [-0.05, 0) is 55.3 Å². The van der Waals surface area contributed by atoms with Gasteiger partial charge >= 0.3 is 5.97 Å². The number of hydrogen-bond donors (Lipinski definition) is 1. The minimum absolute atomic E-state index is 0.128. The summed E-state index contributed by atoms with van der Waals surface area (Å²) >= 11 is 0. The minimum Gasteiger partial charge on any atom is -0.493 e. The second-order valence-electron chi connectivity index (χ2n) is 6.27. The lowest BCUT2D eigenvalue weighted by molar-refractivity contribution is -0.139. The number of methoxy groups -OCH3 is 2. The highest BCUT2D eigenvalue weighted by atomic mass is 16.5. The number of aliphatic carboxylic acids is 1. The highest BCUT2D eigenvalue weighted by Crippen LogP contribution is 2.37. The van der Waals surface area contributed by atoms with E-state index < -0.39 is 18.0 Å². The van der Waals surface area contributed by atoms with Crippen molar-refractivity contribution in [2.45, 2.75) is 13.8 Å². The zero-order valence-corrected chi connectivity index (χ0v) is 16.0. The average Bonchev–Trinajstić information content (AvgIpc) is 2.68. The number of carbonyl (C=O) groups is 1. The van der Waals surface area contributed by atoms with Crippen molar-refractivity contribution in [3.63, 3.8) is 0 Å². The molecule has 28 heavy (non-hydrogen) atoms. The van der Waals surface area contributed by atoms with Crippen LogP contribution in [0.1, 0.15) is 11.1 Å². The van der Waals surface area contributed by atoms with Gasteiger partial charge in [-0.25, -0.2) is 4.79 Å². The molecule has 7 heteroatoms. The third kappa shape index (κ3) is 3.51. The van der Waals surface area contributed by atoms with Gasteiger partial charge < -0.3 is 23.7 Å². The van der Waals surface area contributed by atoms with E-state index >= 15 is 0 Å². The number of ether oxygens (including phenoxy) is 3. The van der Waals surface area contributed by atoms with Gasteiger partial charge in [0.15, 0.2) is 23.9 Å². The van der Waals surface area contributed by atoms with Crippen LogP contribution in [0.25, 0.3) is 22.3 Å². The molecule has 2 aromatic carbocycles. The summed E-state index contributed by atoms with van der Waals surface area (Å²) in [6.45, 7) is 3.13. The number of carboxylic acid groups (broad SMARTS) is 1. The molecule has 1 heterocycles. The van der Waals surface area contributed by atoms with Crippen LogP contribution in [-0.4, -0.2) is 31.9 Å². The highest BCUT2D eigenvalue weighted by Gasteiger charge is 2.20. The van der Waals surface area contributed by atoms with Crippen LogP contribution >= 0.6 is 0 Å². The summed E-state index contributed by atoms with van der Waals surface area (Å²) in [5, 5.41) is 9.30. The lowest BCUT2D eigenvalue weighted by atomic mass is 10.0. The molecule has 0 radical (unpaired) electrons. The summed E-state index contributed by atoms with van der Waals surface area (Å²) in [6.07, 6.45) is 0. The number of carboxylic acids is 1. The van der Waals surface area contributed by atoms with Crippen molar-refractivity contribution in [2.75, 3.05) is 20.8 Å². The van der Waals surface area contributed by atoms with Crippen LogP contribution in [0.2, 0.25) is 0 Å². The number of fused-ring (bicyclic) bond motifs is 1. The normalized spacial score (nSPS) is 10.7. The Kier molecular flexibility index (Phi) is 5.26. The van der Waals surface area contributed by atoms with Crippen molar-refractivity contribution >= 4 is 16.9 Å². The summed E-state index contributed by atoms with van der Waals surface area (Å²) in [4.78, 5) is 24.0. The predicted octanol–water partition coefficient (Wildman–Crippen LogP) is 3.56. The van der Waals surface area contributed by atoms with Crippen LogP contribution < -0.4 is 19.6 Å². The van der Waals surface area contributed by atoms with E-state index in [1.165, 1.54) is 14.2 Å². The Morgan fingerprint density at radius 3 is 2.36 bits per heavy atom. The van der Waals surface area contributed by atoms with E-state index in [2.05, 4.69) is 0 Å². The molecule has 1 aromatic heterocycles. The highest BCUT2D eigenvalue weighted by molar-refractivity contribution is 5.84. The topological polar surface area (TPSA) is 95.2 Å². The lowest BCUT2D eigenvalue weighted by Gasteiger charge is -2.13. The predicted molar refractivity (Wildman–Crippen MR) is 104 cm³/mol. The maximum Gasteiger partial charge on any atom is 0.341 e. The van der Waals surface area contributed by atoms with Gasteiger partial charge in [-0.2, -0.15) is 0 Å². The molecule has 0 unspecified atom stereocenters. The second kappa shape index (κ2) is 7.64. The van der Waals surface area contributed by atoms with Gasteiger partial charge in [-0.15, -0.1) is 0 Å². The van der Waals surface area contributed by atoms with Crippen LogP contribution in [0.3, 0.4) is 0 Å². The first kappa shape index (κ1) is 19.3. The summed E-state index contributed by atoms with van der Waals surface area (Å²) in [7, 11) is 3.01. The van der Waals surface area contributed by atoms with Gasteiger partial charge in [0.05, 0.1) is 19.6 Å². The van der Waals surface area contributed by atoms with Crippen molar-refractivity contribution in [3.05, 3.63) is 51.7 Å². The molecule has 7 nitrogen and oxygen atoms in total. The van der Waals surface area contributed by atoms with E-state index in [9.17, 15) is 9.59 Å². The van der Waals surface area contributed by atoms with Crippen LogP contribution in [0.5, 0.6) is 17.2 Å². The standard InChI is InChI=1S/C21H20O7/c1-11-7-14-16(8-12(11)2)28-20(21(19(14)24)27-10-18(22)23)13-5-6-15(25-3)17(9-13)26-4/h5-9H,10H2,1-4H3,(H,22,23). The van der Waals surface area contributed by atoms with Crippen LogP contribution in [-0.2, 0) is 4.79 Å². The molecule has 1 N–H and O–H groups in total. The van der Waals surface area contributed by atoms with E-state index in [4.69, 9.17) is 23.7 Å². The maximum absolute atomic E-state index is 13.0. The molecule has 0 spiro atoms. The van der Waals surface area contributed by atoms with Crippen molar-refractivity contribution in [1.82, 2.24) is 0 Å². The number of hydrogen-bond acceptors (Lipinski definition) is 6. The average molecular weight is 384 g/mol. The van der Waals surface area contributed by atoms with Crippen molar-refractivity contribution in [1.29, 1.82) is 0 Å². The van der Waals surface area contributed by atoms with Gasteiger partial charge in [0.25, 0.3) is 0 Å². The summed E-state index contributed by atoms with van der Waals surface area (Å²) in [5.41, 5.74) is 2.34. The van der Waals surface area contributed by atoms with Crippen LogP contribution in [0.15, 0.2) is 39.5 Å². The Morgan fingerprint density at radius 1 is 1.04 bits per heavy atom. The molecule has 0 bridgehead atoms. The van der Waals surface area contributed by atoms with Crippen LogP contribution in [0, 0.1) is 13.8 Å². The molecule has 3 aromatic rings. The van der Waals surface area contributed by atoms with Crippen molar-refractivity contribution in [3.8, 4) is 28.6 Å². The molecule has 0 atom stereocenters. The van der Waals surface area contributed by atoms with Gasteiger partial charge in [-0.3, -0.25) is 4.79 Å². The first-order valence-corrected chi connectivity index (χ1v) is 8.50. The molecule has 0 saturated carbocycles. The zero-order valence-electron chi connectivity index (χ0n) is 16.0.